The lowest BCUT2D eigenvalue weighted by Gasteiger charge is -2.27. The van der Waals surface area contributed by atoms with Crippen molar-refractivity contribution in [2.45, 2.75) is 33.0 Å². The average molecular weight is 362 g/mol. The Morgan fingerprint density at radius 1 is 1.37 bits per heavy atom. The van der Waals surface area contributed by atoms with Crippen LogP contribution in [0.3, 0.4) is 0 Å². The van der Waals surface area contributed by atoms with Crippen molar-refractivity contribution in [3.05, 3.63) is 76.2 Å². The monoisotopic (exact) mass is 362 g/mol. The highest BCUT2D eigenvalue weighted by atomic mass is 16.1. The first-order valence-corrected chi connectivity index (χ1v) is 9.02. The third-order valence-corrected chi connectivity index (χ3v) is 4.98. The molecule has 0 spiro atoms. The molecule has 0 aromatic carbocycles. The molecule has 3 aromatic heterocycles. The van der Waals surface area contributed by atoms with Gasteiger partial charge in [-0.15, -0.1) is 6.58 Å². The summed E-state index contributed by atoms with van der Waals surface area (Å²) in [6.45, 7) is 8.76. The van der Waals surface area contributed by atoms with E-state index in [-0.39, 0.29) is 5.56 Å². The van der Waals surface area contributed by atoms with E-state index in [0.717, 1.165) is 42.0 Å². The fraction of sp³-hybridized carbons (Fsp3) is 0.300. The van der Waals surface area contributed by atoms with E-state index in [0.29, 0.717) is 18.9 Å². The van der Waals surface area contributed by atoms with Crippen molar-refractivity contribution in [3.63, 3.8) is 0 Å². The molecule has 1 aliphatic heterocycles. The minimum Gasteiger partial charge on any atom is -0.306 e. The number of hydrogen-bond donors (Lipinski definition) is 1. The molecule has 1 N–H and O–H groups in total. The van der Waals surface area contributed by atoms with E-state index in [9.17, 15) is 4.79 Å². The number of nitrogens with zero attached hydrogens (tertiary/aromatic N) is 5. The van der Waals surface area contributed by atoms with Gasteiger partial charge in [0.1, 0.15) is 5.82 Å². The molecule has 0 fully saturated rings. The maximum absolute atomic E-state index is 12.6. The van der Waals surface area contributed by atoms with E-state index in [2.05, 4.69) is 38.5 Å². The van der Waals surface area contributed by atoms with Crippen LogP contribution in [0.25, 0.3) is 11.4 Å². The maximum atomic E-state index is 12.6. The second-order valence-corrected chi connectivity index (χ2v) is 6.77. The van der Waals surface area contributed by atoms with E-state index < -0.39 is 0 Å². The molecule has 0 unspecified atom stereocenters. The van der Waals surface area contributed by atoms with Gasteiger partial charge in [0.25, 0.3) is 5.56 Å². The largest absolute Gasteiger partial charge is 0.306 e. The highest BCUT2D eigenvalue weighted by Gasteiger charge is 2.22. The fourth-order valence-electron chi connectivity index (χ4n) is 3.44. The molecule has 0 amide bonds. The molecule has 7 nitrogen and oxygen atoms in total. The van der Waals surface area contributed by atoms with Gasteiger partial charge in [0.2, 0.25) is 0 Å². The molecule has 0 aliphatic carbocycles. The van der Waals surface area contributed by atoms with E-state index in [1.165, 1.54) is 5.56 Å². The number of H-pyrrole nitrogens is 1. The molecule has 138 valence electrons. The van der Waals surface area contributed by atoms with Crippen LogP contribution < -0.4 is 5.56 Å². The zero-order valence-electron chi connectivity index (χ0n) is 15.4. The van der Waals surface area contributed by atoms with Crippen LogP contribution in [0.4, 0.5) is 0 Å². The van der Waals surface area contributed by atoms with E-state index in [1.807, 2.05) is 29.1 Å². The smallest absolute Gasteiger partial charge is 0.255 e. The van der Waals surface area contributed by atoms with Crippen molar-refractivity contribution in [3.8, 4) is 11.4 Å². The third-order valence-electron chi connectivity index (χ3n) is 4.98. The number of rotatable bonds is 5. The van der Waals surface area contributed by atoms with Crippen LogP contribution in [-0.4, -0.2) is 36.2 Å². The summed E-state index contributed by atoms with van der Waals surface area (Å²) in [7, 11) is 0. The van der Waals surface area contributed by atoms with Crippen molar-refractivity contribution in [1.82, 2.24) is 29.6 Å². The summed E-state index contributed by atoms with van der Waals surface area (Å²) in [5.74, 6) is 0.585. The Balaban J connectivity index is 1.55. The first-order chi connectivity index (χ1) is 13.2. The summed E-state index contributed by atoms with van der Waals surface area (Å²) in [5, 5.41) is 4.41. The average Bonchev–Trinajstić information content (AvgIpc) is 3.03. The molecule has 0 bridgehead atoms. The van der Waals surface area contributed by atoms with Crippen LogP contribution in [0.15, 0.2) is 48.2 Å². The first kappa shape index (κ1) is 17.4. The van der Waals surface area contributed by atoms with Gasteiger partial charge >= 0.3 is 0 Å². The van der Waals surface area contributed by atoms with E-state index in [1.54, 1.807) is 12.4 Å². The molecule has 27 heavy (non-hydrogen) atoms. The van der Waals surface area contributed by atoms with Crippen molar-refractivity contribution >= 4 is 0 Å². The Labute approximate surface area is 157 Å². The number of nitrogens with one attached hydrogen (secondary N) is 1. The molecule has 7 heteroatoms. The molecule has 0 saturated carbocycles. The summed E-state index contributed by atoms with van der Waals surface area (Å²) < 4.78 is 1.94. The lowest BCUT2D eigenvalue weighted by Crippen LogP contribution is -2.35. The molecular formula is C20H22N6O. The van der Waals surface area contributed by atoms with Crippen molar-refractivity contribution < 1.29 is 0 Å². The van der Waals surface area contributed by atoms with Gasteiger partial charge in [-0.1, -0.05) is 6.08 Å². The van der Waals surface area contributed by atoms with Crippen LogP contribution in [-0.2, 0) is 26.1 Å². The molecule has 4 heterocycles. The molecule has 0 atom stereocenters. The van der Waals surface area contributed by atoms with Gasteiger partial charge in [-0.05, 0) is 19.1 Å². The van der Waals surface area contributed by atoms with Crippen molar-refractivity contribution in [2.24, 2.45) is 0 Å². The third kappa shape index (κ3) is 3.46. The normalized spacial score (nSPS) is 14.1. The lowest BCUT2D eigenvalue weighted by atomic mass is 10.1. The number of hydrogen-bond acceptors (Lipinski definition) is 5. The van der Waals surface area contributed by atoms with Crippen molar-refractivity contribution in [2.75, 3.05) is 6.54 Å². The highest BCUT2D eigenvalue weighted by molar-refractivity contribution is 5.53. The number of pyridine rings is 1. The molecular weight excluding hydrogens is 340 g/mol. The molecule has 3 aromatic rings. The van der Waals surface area contributed by atoms with Gasteiger partial charge in [0.15, 0.2) is 0 Å². The maximum Gasteiger partial charge on any atom is 0.255 e. The Kier molecular flexibility index (Phi) is 4.68. The quantitative estimate of drug-likeness (QED) is 0.703. The van der Waals surface area contributed by atoms with Gasteiger partial charge in [-0.2, -0.15) is 5.10 Å². The summed E-state index contributed by atoms with van der Waals surface area (Å²) in [4.78, 5) is 26.6. The zero-order chi connectivity index (χ0) is 18.8. The standard InChI is InChI=1S/C20H22N6O/c1-3-8-26-14(2)16(11-22-26)12-25-9-6-18-17(13-25)20(27)24-19(23-18)15-5-4-7-21-10-15/h3-5,7,10-11H,1,6,8-9,12-13H2,2H3,(H,23,24,27). The predicted octanol–water partition coefficient (Wildman–Crippen LogP) is 2.08. The van der Waals surface area contributed by atoms with Crippen LogP contribution >= 0.6 is 0 Å². The topological polar surface area (TPSA) is 79.7 Å². The summed E-state index contributed by atoms with van der Waals surface area (Å²) in [6.07, 6.45) is 7.92. The second-order valence-electron chi connectivity index (χ2n) is 6.77. The Morgan fingerprint density at radius 2 is 2.26 bits per heavy atom. The minimum absolute atomic E-state index is 0.0670. The predicted molar refractivity (Wildman–Crippen MR) is 103 cm³/mol. The summed E-state index contributed by atoms with van der Waals surface area (Å²) in [6, 6.07) is 3.74. The number of aromatic nitrogens is 5. The fourth-order valence-corrected chi connectivity index (χ4v) is 3.44. The van der Waals surface area contributed by atoms with Crippen LogP contribution in [0.5, 0.6) is 0 Å². The van der Waals surface area contributed by atoms with Gasteiger partial charge in [-0.25, -0.2) is 4.98 Å². The molecule has 0 saturated heterocycles. The highest BCUT2D eigenvalue weighted by Crippen LogP contribution is 2.20. The van der Waals surface area contributed by atoms with E-state index >= 15 is 0 Å². The molecule has 4 rings (SSSR count). The number of fused-ring (bicyclic) bond motifs is 1. The summed E-state index contributed by atoms with van der Waals surface area (Å²) >= 11 is 0. The zero-order valence-corrected chi connectivity index (χ0v) is 15.4. The van der Waals surface area contributed by atoms with E-state index in [4.69, 9.17) is 0 Å². The van der Waals surface area contributed by atoms with Gasteiger partial charge in [0.05, 0.1) is 24.0 Å². The molecule has 0 radical (unpaired) electrons. The van der Waals surface area contributed by atoms with Crippen LogP contribution in [0.1, 0.15) is 22.5 Å². The summed E-state index contributed by atoms with van der Waals surface area (Å²) in [5.41, 5.74) is 4.71. The van der Waals surface area contributed by atoms with Gasteiger partial charge < -0.3 is 4.98 Å². The Morgan fingerprint density at radius 3 is 3.04 bits per heavy atom. The Bertz CT molecular complexity index is 1020. The SMILES string of the molecule is C=CCn1ncc(CN2CCc3nc(-c4cccnc4)[nH]c(=O)c3C2)c1C. The van der Waals surface area contributed by atoms with Crippen LogP contribution in [0.2, 0.25) is 0 Å². The van der Waals surface area contributed by atoms with Crippen molar-refractivity contribution in [1.29, 1.82) is 0 Å². The van der Waals surface area contributed by atoms with Gasteiger partial charge in [-0.3, -0.25) is 19.4 Å². The Hall–Kier alpha value is -3.06. The first-order valence-electron chi connectivity index (χ1n) is 9.02. The minimum atomic E-state index is -0.0670. The second kappa shape index (κ2) is 7.28. The van der Waals surface area contributed by atoms with Gasteiger partial charge in [0, 0.05) is 55.3 Å². The molecule has 1 aliphatic rings. The number of aromatic amines is 1. The number of allylic oxidation sites excluding steroid dienone is 1. The lowest BCUT2D eigenvalue weighted by molar-refractivity contribution is 0.241. The van der Waals surface area contributed by atoms with Crippen LogP contribution in [0, 0.1) is 6.92 Å².